The van der Waals surface area contributed by atoms with Gasteiger partial charge in [-0.2, -0.15) is 5.10 Å². The number of alkyl carbamates (subject to hydrolysis) is 1. The van der Waals surface area contributed by atoms with E-state index in [1.54, 1.807) is 13.2 Å². The Labute approximate surface area is 160 Å². The predicted molar refractivity (Wildman–Crippen MR) is 106 cm³/mol. The molecule has 1 aromatic rings. The average molecular weight is 452 g/mol. The van der Waals surface area contributed by atoms with Crippen LogP contribution in [0.25, 0.3) is 0 Å². The first-order valence-corrected chi connectivity index (χ1v) is 7.79. The maximum absolute atomic E-state index is 11.5. The fraction of sp³-hybridized carbons (Fsp3) is 0.667. The Morgan fingerprint density at radius 3 is 2.46 bits per heavy atom. The fourth-order valence-electron chi connectivity index (χ4n) is 1.74. The van der Waals surface area contributed by atoms with E-state index in [0.29, 0.717) is 13.1 Å². The molecule has 0 spiro atoms. The van der Waals surface area contributed by atoms with Gasteiger partial charge in [-0.1, -0.05) is 0 Å². The van der Waals surface area contributed by atoms with Crippen LogP contribution in [-0.4, -0.2) is 54.1 Å². The lowest BCUT2D eigenvalue weighted by atomic mass is 10.2. The van der Waals surface area contributed by atoms with Crippen LogP contribution in [0, 0.1) is 0 Å². The molecule has 0 radical (unpaired) electrons. The first-order valence-electron chi connectivity index (χ1n) is 7.79. The van der Waals surface area contributed by atoms with Gasteiger partial charge in [0.05, 0.1) is 6.54 Å². The molecular weight excluding hydrogens is 423 g/mol. The van der Waals surface area contributed by atoms with Crippen molar-refractivity contribution in [3.05, 3.63) is 18.5 Å². The number of nitrogens with one attached hydrogen (secondary N) is 3. The van der Waals surface area contributed by atoms with Crippen LogP contribution in [0.1, 0.15) is 27.2 Å². The van der Waals surface area contributed by atoms with Gasteiger partial charge in [-0.3, -0.25) is 9.67 Å². The van der Waals surface area contributed by atoms with Crippen LogP contribution in [0.2, 0.25) is 0 Å². The summed E-state index contributed by atoms with van der Waals surface area (Å²) in [5.74, 6) is 0.731. The van der Waals surface area contributed by atoms with Gasteiger partial charge in [0.15, 0.2) is 5.96 Å². The van der Waals surface area contributed by atoms with Gasteiger partial charge in [-0.15, -0.1) is 24.0 Å². The molecule has 24 heavy (non-hydrogen) atoms. The molecule has 138 valence electrons. The first-order chi connectivity index (χ1) is 10.9. The normalized spacial score (nSPS) is 11.4. The summed E-state index contributed by atoms with van der Waals surface area (Å²) in [4.78, 5) is 15.6. The molecule has 0 fully saturated rings. The Hall–Kier alpha value is -1.52. The number of rotatable bonds is 7. The third-order valence-electron chi connectivity index (χ3n) is 2.73. The summed E-state index contributed by atoms with van der Waals surface area (Å²) >= 11 is 0. The van der Waals surface area contributed by atoms with E-state index in [1.165, 1.54) is 0 Å². The van der Waals surface area contributed by atoms with Crippen molar-refractivity contribution in [3.63, 3.8) is 0 Å². The molecule has 9 heteroatoms. The van der Waals surface area contributed by atoms with Crippen molar-refractivity contribution >= 4 is 36.0 Å². The van der Waals surface area contributed by atoms with Crippen LogP contribution in [0.5, 0.6) is 0 Å². The van der Waals surface area contributed by atoms with Crippen LogP contribution in [0.3, 0.4) is 0 Å². The number of halogens is 1. The summed E-state index contributed by atoms with van der Waals surface area (Å²) in [5, 5.41) is 13.2. The first kappa shape index (κ1) is 22.5. The van der Waals surface area contributed by atoms with Gasteiger partial charge in [0.1, 0.15) is 5.60 Å². The third-order valence-corrected chi connectivity index (χ3v) is 2.73. The molecule has 1 rings (SSSR count). The molecule has 0 aliphatic carbocycles. The number of hydrogen-bond donors (Lipinski definition) is 3. The largest absolute Gasteiger partial charge is 0.444 e. The Morgan fingerprint density at radius 1 is 1.21 bits per heavy atom. The molecule has 1 aromatic heterocycles. The van der Waals surface area contributed by atoms with Gasteiger partial charge in [-0.25, -0.2) is 4.79 Å². The lowest BCUT2D eigenvalue weighted by Gasteiger charge is -2.19. The second kappa shape index (κ2) is 11.9. The van der Waals surface area contributed by atoms with E-state index in [-0.39, 0.29) is 30.1 Å². The number of nitrogens with zero attached hydrogens (tertiary/aromatic N) is 3. The van der Waals surface area contributed by atoms with Gasteiger partial charge in [0.2, 0.25) is 0 Å². The SMILES string of the molecule is CN=C(NCCCNC(=O)OC(C)(C)C)NCCn1cccn1.I. The molecule has 0 aliphatic rings. The monoisotopic (exact) mass is 452 g/mol. The highest BCUT2D eigenvalue weighted by molar-refractivity contribution is 14.0. The highest BCUT2D eigenvalue weighted by atomic mass is 127. The van der Waals surface area contributed by atoms with E-state index in [1.807, 2.05) is 37.7 Å². The van der Waals surface area contributed by atoms with Crippen molar-refractivity contribution in [2.24, 2.45) is 4.99 Å². The van der Waals surface area contributed by atoms with Gasteiger partial charge >= 0.3 is 6.09 Å². The molecule has 8 nitrogen and oxygen atoms in total. The standard InChI is InChI=1S/C15H28N6O2.HI/c1-15(2,3)23-14(22)19-8-5-7-17-13(16-4)18-10-12-21-11-6-9-20-21;/h6,9,11H,5,7-8,10,12H2,1-4H3,(H,19,22)(H2,16,17,18);1H. The second-order valence-electron chi connectivity index (χ2n) is 5.98. The topological polar surface area (TPSA) is 92.6 Å². The zero-order valence-electron chi connectivity index (χ0n) is 14.8. The zero-order chi connectivity index (χ0) is 17.1. The minimum absolute atomic E-state index is 0. The number of guanidine groups is 1. The predicted octanol–water partition coefficient (Wildman–Crippen LogP) is 1.58. The molecule has 0 atom stereocenters. The zero-order valence-corrected chi connectivity index (χ0v) is 17.2. The van der Waals surface area contributed by atoms with Crippen molar-refractivity contribution in [1.82, 2.24) is 25.7 Å². The van der Waals surface area contributed by atoms with Crippen molar-refractivity contribution < 1.29 is 9.53 Å². The van der Waals surface area contributed by atoms with Gasteiger partial charge in [-0.05, 0) is 33.3 Å². The van der Waals surface area contributed by atoms with Crippen molar-refractivity contribution in [2.75, 3.05) is 26.7 Å². The van der Waals surface area contributed by atoms with Crippen molar-refractivity contribution in [3.8, 4) is 0 Å². The van der Waals surface area contributed by atoms with E-state index in [9.17, 15) is 4.79 Å². The molecule has 0 aliphatic heterocycles. The number of ether oxygens (including phenoxy) is 1. The Kier molecular flexibility index (Phi) is 11.2. The van der Waals surface area contributed by atoms with E-state index in [2.05, 4.69) is 26.0 Å². The smallest absolute Gasteiger partial charge is 0.407 e. The average Bonchev–Trinajstić information content (AvgIpc) is 2.96. The maximum atomic E-state index is 11.5. The number of aromatic nitrogens is 2. The maximum Gasteiger partial charge on any atom is 0.407 e. The van der Waals surface area contributed by atoms with Crippen LogP contribution in [0.4, 0.5) is 4.79 Å². The van der Waals surface area contributed by atoms with Gasteiger partial charge in [0, 0.05) is 39.1 Å². The van der Waals surface area contributed by atoms with E-state index in [0.717, 1.165) is 25.5 Å². The Bertz CT molecular complexity index is 485. The highest BCUT2D eigenvalue weighted by Crippen LogP contribution is 2.06. The van der Waals surface area contributed by atoms with Gasteiger partial charge in [0.25, 0.3) is 0 Å². The minimum Gasteiger partial charge on any atom is -0.444 e. The van der Waals surface area contributed by atoms with Crippen LogP contribution in [0.15, 0.2) is 23.5 Å². The highest BCUT2D eigenvalue weighted by Gasteiger charge is 2.15. The lowest BCUT2D eigenvalue weighted by Crippen LogP contribution is -2.40. The Balaban J connectivity index is 0.00000529. The minimum atomic E-state index is -0.469. The number of hydrogen-bond acceptors (Lipinski definition) is 4. The van der Waals surface area contributed by atoms with E-state index < -0.39 is 5.60 Å². The Morgan fingerprint density at radius 2 is 1.88 bits per heavy atom. The molecule has 1 heterocycles. The molecule has 0 aromatic carbocycles. The molecule has 0 unspecified atom stereocenters. The number of carbonyl (C=O) groups excluding carboxylic acids is 1. The molecular formula is C15H29IN6O2. The molecule has 0 bridgehead atoms. The number of carbonyl (C=O) groups is 1. The molecule has 3 N–H and O–H groups in total. The van der Waals surface area contributed by atoms with E-state index >= 15 is 0 Å². The summed E-state index contributed by atoms with van der Waals surface area (Å²) in [6, 6.07) is 1.89. The summed E-state index contributed by atoms with van der Waals surface area (Å²) in [7, 11) is 1.72. The summed E-state index contributed by atoms with van der Waals surface area (Å²) < 4.78 is 7.01. The summed E-state index contributed by atoms with van der Waals surface area (Å²) in [6.45, 7) is 8.28. The number of amides is 1. The van der Waals surface area contributed by atoms with Crippen LogP contribution in [-0.2, 0) is 11.3 Å². The summed E-state index contributed by atoms with van der Waals surface area (Å²) in [5.41, 5.74) is -0.469. The van der Waals surface area contributed by atoms with E-state index in [4.69, 9.17) is 4.74 Å². The summed E-state index contributed by atoms with van der Waals surface area (Å²) in [6.07, 6.45) is 4.06. The van der Waals surface area contributed by atoms with Crippen LogP contribution >= 0.6 is 24.0 Å². The third kappa shape index (κ3) is 11.1. The fourth-order valence-corrected chi connectivity index (χ4v) is 1.74. The van der Waals surface area contributed by atoms with Crippen molar-refractivity contribution in [1.29, 1.82) is 0 Å². The van der Waals surface area contributed by atoms with Crippen LogP contribution < -0.4 is 16.0 Å². The molecule has 1 amide bonds. The second-order valence-corrected chi connectivity index (χ2v) is 5.98. The molecule has 0 saturated heterocycles. The number of aliphatic imine (C=N–C) groups is 1. The molecule has 0 saturated carbocycles. The van der Waals surface area contributed by atoms with Gasteiger partial charge < -0.3 is 20.7 Å². The van der Waals surface area contributed by atoms with Crippen molar-refractivity contribution in [2.45, 2.75) is 39.3 Å². The lowest BCUT2D eigenvalue weighted by molar-refractivity contribution is 0.0527. The quantitative estimate of drug-likeness (QED) is 0.253.